The maximum absolute atomic E-state index is 12.1. The van der Waals surface area contributed by atoms with Crippen molar-refractivity contribution in [3.8, 4) is 28.4 Å². The standard InChI is InChI=1S/C14H18N2O4/c1-14(2,3)12-9(13(19)16-15-12)7-5-6-8(17)10(18)11(7)20-4/h5-6,17-18H,1-4H3,(H2,15,16,19). The second-order valence-corrected chi connectivity index (χ2v) is 5.59. The molecule has 0 saturated carbocycles. The molecule has 4 N–H and O–H groups in total. The van der Waals surface area contributed by atoms with Gasteiger partial charge in [0.1, 0.15) is 0 Å². The molecule has 2 rings (SSSR count). The number of hydrogen-bond acceptors (Lipinski definition) is 4. The lowest BCUT2D eigenvalue weighted by molar-refractivity contribution is 0.352. The highest BCUT2D eigenvalue weighted by atomic mass is 16.5. The summed E-state index contributed by atoms with van der Waals surface area (Å²) in [6, 6.07) is 2.87. The molecule has 20 heavy (non-hydrogen) atoms. The van der Waals surface area contributed by atoms with Crippen LogP contribution in [-0.4, -0.2) is 27.5 Å². The van der Waals surface area contributed by atoms with E-state index in [2.05, 4.69) is 10.2 Å². The predicted molar refractivity (Wildman–Crippen MR) is 75.4 cm³/mol. The Hall–Kier alpha value is -2.37. The third-order valence-electron chi connectivity index (χ3n) is 3.11. The van der Waals surface area contributed by atoms with Gasteiger partial charge in [-0.1, -0.05) is 20.8 Å². The van der Waals surface area contributed by atoms with Crippen LogP contribution in [0, 0.1) is 0 Å². The first-order valence-corrected chi connectivity index (χ1v) is 6.17. The normalized spacial score (nSPS) is 11.6. The molecule has 108 valence electrons. The molecular formula is C14H18N2O4. The van der Waals surface area contributed by atoms with E-state index in [1.807, 2.05) is 20.8 Å². The lowest BCUT2D eigenvalue weighted by atomic mass is 9.87. The first-order chi connectivity index (χ1) is 9.27. The van der Waals surface area contributed by atoms with Crippen molar-refractivity contribution >= 4 is 0 Å². The van der Waals surface area contributed by atoms with Gasteiger partial charge in [0.25, 0.3) is 5.56 Å². The fraction of sp³-hybridized carbons (Fsp3) is 0.357. The molecule has 0 aliphatic heterocycles. The minimum atomic E-state index is -0.384. The Morgan fingerprint density at radius 3 is 2.35 bits per heavy atom. The van der Waals surface area contributed by atoms with Gasteiger partial charge < -0.3 is 20.0 Å². The van der Waals surface area contributed by atoms with Gasteiger partial charge in [0.2, 0.25) is 5.75 Å². The van der Waals surface area contributed by atoms with E-state index in [9.17, 15) is 15.0 Å². The molecule has 1 aromatic heterocycles. The largest absolute Gasteiger partial charge is 0.504 e. The Morgan fingerprint density at radius 1 is 1.15 bits per heavy atom. The average Bonchev–Trinajstić information content (AvgIpc) is 2.74. The summed E-state index contributed by atoms with van der Waals surface area (Å²) in [5.74, 6) is -0.610. The van der Waals surface area contributed by atoms with Crippen molar-refractivity contribution in [1.82, 2.24) is 10.2 Å². The minimum Gasteiger partial charge on any atom is -0.504 e. The maximum atomic E-state index is 12.1. The SMILES string of the molecule is COc1c(-c2c(C(C)(C)C)[nH][nH]c2=O)ccc(O)c1O. The van der Waals surface area contributed by atoms with Crippen LogP contribution in [0.1, 0.15) is 26.5 Å². The molecule has 0 spiro atoms. The molecule has 0 fully saturated rings. The van der Waals surface area contributed by atoms with E-state index in [1.54, 1.807) is 6.07 Å². The number of aromatic amines is 2. The summed E-state index contributed by atoms with van der Waals surface area (Å²) in [6.07, 6.45) is 0. The molecule has 0 amide bonds. The van der Waals surface area contributed by atoms with Crippen LogP contribution < -0.4 is 10.3 Å². The second kappa shape index (κ2) is 4.63. The first-order valence-electron chi connectivity index (χ1n) is 6.17. The smallest absolute Gasteiger partial charge is 0.272 e. The van der Waals surface area contributed by atoms with E-state index in [0.717, 1.165) is 0 Å². The van der Waals surface area contributed by atoms with E-state index < -0.39 is 0 Å². The molecule has 1 heterocycles. The van der Waals surface area contributed by atoms with Gasteiger partial charge in [-0.3, -0.25) is 9.89 Å². The highest BCUT2D eigenvalue weighted by Crippen LogP contribution is 2.43. The quantitative estimate of drug-likeness (QED) is 0.632. The van der Waals surface area contributed by atoms with Gasteiger partial charge in [0.05, 0.1) is 18.4 Å². The van der Waals surface area contributed by atoms with Crippen LogP contribution in [0.15, 0.2) is 16.9 Å². The fourth-order valence-electron chi connectivity index (χ4n) is 2.14. The van der Waals surface area contributed by atoms with Crippen molar-refractivity contribution in [2.45, 2.75) is 26.2 Å². The molecule has 0 aliphatic carbocycles. The summed E-state index contributed by atoms with van der Waals surface area (Å²) < 4.78 is 5.13. The number of aromatic hydroxyl groups is 2. The van der Waals surface area contributed by atoms with E-state index in [0.29, 0.717) is 16.8 Å². The van der Waals surface area contributed by atoms with Crippen molar-refractivity contribution in [3.05, 3.63) is 28.2 Å². The van der Waals surface area contributed by atoms with Gasteiger partial charge in [0.15, 0.2) is 11.5 Å². The average molecular weight is 278 g/mol. The van der Waals surface area contributed by atoms with Gasteiger partial charge in [0, 0.05) is 11.0 Å². The van der Waals surface area contributed by atoms with Gasteiger partial charge >= 0.3 is 0 Å². The zero-order chi connectivity index (χ0) is 15.1. The van der Waals surface area contributed by atoms with Gasteiger partial charge in [-0.2, -0.15) is 0 Å². The molecule has 0 radical (unpaired) electrons. The zero-order valence-electron chi connectivity index (χ0n) is 11.9. The molecule has 0 saturated heterocycles. The highest BCUT2D eigenvalue weighted by Gasteiger charge is 2.26. The maximum Gasteiger partial charge on any atom is 0.272 e. The molecule has 0 bridgehead atoms. The van der Waals surface area contributed by atoms with Crippen molar-refractivity contribution in [2.24, 2.45) is 0 Å². The highest BCUT2D eigenvalue weighted by molar-refractivity contribution is 5.77. The summed E-state index contributed by atoms with van der Waals surface area (Å²) in [5, 5.41) is 24.8. The van der Waals surface area contributed by atoms with Crippen molar-refractivity contribution in [2.75, 3.05) is 7.11 Å². The summed E-state index contributed by atoms with van der Waals surface area (Å²) in [6.45, 7) is 5.88. The van der Waals surface area contributed by atoms with Crippen LogP contribution in [0.2, 0.25) is 0 Å². The zero-order valence-corrected chi connectivity index (χ0v) is 11.9. The predicted octanol–water partition coefficient (Wildman–Crippen LogP) is 2.09. The van der Waals surface area contributed by atoms with Crippen molar-refractivity contribution in [3.63, 3.8) is 0 Å². The Labute approximate surface area is 116 Å². The Kier molecular flexibility index (Phi) is 3.25. The summed E-state index contributed by atoms with van der Waals surface area (Å²) >= 11 is 0. The molecule has 0 atom stereocenters. The number of nitrogens with one attached hydrogen (secondary N) is 2. The summed E-state index contributed by atoms with van der Waals surface area (Å²) in [5.41, 5.74) is 0.914. The Bertz CT molecular complexity index is 692. The van der Waals surface area contributed by atoms with Crippen LogP contribution in [0.3, 0.4) is 0 Å². The molecular weight excluding hydrogens is 260 g/mol. The van der Waals surface area contributed by atoms with Crippen LogP contribution in [-0.2, 0) is 5.41 Å². The van der Waals surface area contributed by atoms with E-state index >= 15 is 0 Å². The monoisotopic (exact) mass is 278 g/mol. The minimum absolute atomic E-state index is 0.0700. The number of phenols is 2. The Balaban J connectivity index is 2.79. The fourth-order valence-corrected chi connectivity index (χ4v) is 2.14. The summed E-state index contributed by atoms with van der Waals surface area (Å²) in [4.78, 5) is 12.1. The van der Waals surface area contributed by atoms with Crippen LogP contribution >= 0.6 is 0 Å². The topological polar surface area (TPSA) is 98.3 Å². The van der Waals surface area contributed by atoms with Gasteiger partial charge in [-0.05, 0) is 12.1 Å². The van der Waals surface area contributed by atoms with E-state index in [-0.39, 0.29) is 28.2 Å². The summed E-state index contributed by atoms with van der Waals surface area (Å²) in [7, 11) is 1.37. The van der Waals surface area contributed by atoms with Crippen LogP contribution in [0.4, 0.5) is 0 Å². The number of rotatable bonds is 2. The number of hydrogen-bond donors (Lipinski definition) is 4. The van der Waals surface area contributed by atoms with Gasteiger partial charge in [-0.25, -0.2) is 0 Å². The number of H-pyrrole nitrogens is 2. The lowest BCUT2D eigenvalue weighted by Gasteiger charge is -2.19. The molecule has 6 heteroatoms. The van der Waals surface area contributed by atoms with Crippen LogP contribution in [0.25, 0.3) is 11.1 Å². The number of methoxy groups -OCH3 is 1. The molecule has 0 aliphatic rings. The first kappa shape index (κ1) is 14.0. The third kappa shape index (κ3) is 2.13. The number of benzene rings is 1. The number of phenolic OH excluding ortho intramolecular Hbond substituents is 2. The molecule has 2 aromatic rings. The molecule has 1 aromatic carbocycles. The molecule has 0 unspecified atom stereocenters. The number of aromatic nitrogens is 2. The van der Waals surface area contributed by atoms with Gasteiger partial charge in [-0.15, -0.1) is 0 Å². The third-order valence-corrected chi connectivity index (χ3v) is 3.11. The second-order valence-electron chi connectivity index (χ2n) is 5.59. The van der Waals surface area contributed by atoms with Crippen molar-refractivity contribution in [1.29, 1.82) is 0 Å². The van der Waals surface area contributed by atoms with Crippen LogP contribution in [0.5, 0.6) is 17.2 Å². The van der Waals surface area contributed by atoms with E-state index in [1.165, 1.54) is 13.2 Å². The lowest BCUT2D eigenvalue weighted by Crippen LogP contribution is -2.14. The Morgan fingerprint density at radius 2 is 1.80 bits per heavy atom. The molecule has 6 nitrogen and oxygen atoms in total. The van der Waals surface area contributed by atoms with Crippen molar-refractivity contribution < 1.29 is 14.9 Å². The van der Waals surface area contributed by atoms with E-state index in [4.69, 9.17) is 4.74 Å². The number of ether oxygens (including phenoxy) is 1.